The number of ether oxygens (including phenoxy) is 1. The van der Waals surface area contributed by atoms with Crippen molar-refractivity contribution in [3.05, 3.63) is 52.4 Å². The number of pyridine rings is 1. The van der Waals surface area contributed by atoms with Crippen molar-refractivity contribution in [2.45, 2.75) is 26.4 Å². The highest BCUT2D eigenvalue weighted by atomic mass is 35.5. The van der Waals surface area contributed by atoms with E-state index in [0.29, 0.717) is 17.2 Å². The molecule has 2 rings (SSSR count). The minimum absolute atomic E-state index is 0.00936. The Hall–Kier alpha value is -1.65. The van der Waals surface area contributed by atoms with Crippen LogP contribution in [-0.2, 0) is 6.61 Å². The van der Waals surface area contributed by atoms with Crippen LogP contribution in [-0.4, -0.2) is 10.1 Å². The molecule has 1 heterocycles. The molecule has 0 saturated carbocycles. The number of halogens is 2. The molecule has 0 bridgehead atoms. The lowest BCUT2D eigenvalue weighted by Crippen LogP contribution is -1.98. The fourth-order valence-electron chi connectivity index (χ4n) is 1.68. The average molecular weight is 296 g/mol. The van der Waals surface area contributed by atoms with E-state index in [4.69, 9.17) is 16.3 Å². The van der Waals surface area contributed by atoms with Crippen LogP contribution in [0, 0.1) is 5.82 Å². The van der Waals surface area contributed by atoms with Gasteiger partial charge in [0.15, 0.2) is 0 Å². The van der Waals surface area contributed by atoms with Crippen molar-refractivity contribution in [1.29, 1.82) is 0 Å². The summed E-state index contributed by atoms with van der Waals surface area (Å²) in [5, 5.41) is 9.25. The predicted octanol–water partition coefficient (Wildman–Crippen LogP) is 4.28. The monoisotopic (exact) mass is 295 g/mol. The highest BCUT2D eigenvalue weighted by Crippen LogP contribution is 2.27. The van der Waals surface area contributed by atoms with Crippen LogP contribution >= 0.6 is 11.6 Å². The lowest BCUT2D eigenvalue weighted by molar-refractivity contribution is 0.280. The summed E-state index contributed by atoms with van der Waals surface area (Å²) < 4.78 is 18.7. The highest BCUT2D eigenvalue weighted by Gasteiger charge is 2.09. The van der Waals surface area contributed by atoms with Crippen molar-refractivity contribution in [2.24, 2.45) is 0 Å². The molecule has 0 amide bonds. The summed E-state index contributed by atoms with van der Waals surface area (Å²) in [5.74, 6) is 0.455. The molecule has 0 atom stereocenters. The van der Waals surface area contributed by atoms with Gasteiger partial charge >= 0.3 is 0 Å². The second kappa shape index (κ2) is 6.20. The molecule has 20 heavy (non-hydrogen) atoms. The van der Waals surface area contributed by atoms with E-state index in [-0.39, 0.29) is 17.5 Å². The summed E-state index contributed by atoms with van der Waals surface area (Å²) >= 11 is 5.70. The number of nitrogens with zero attached hydrogens (tertiary/aromatic N) is 1. The molecule has 0 unspecified atom stereocenters. The zero-order valence-corrected chi connectivity index (χ0v) is 12.0. The normalized spacial score (nSPS) is 10.9. The van der Waals surface area contributed by atoms with Gasteiger partial charge in [-0.25, -0.2) is 9.37 Å². The van der Waals surface area contributed by atoms with Gasteiger partial charge in [0.25, 0.3) is 0 Å². The van der Waals surface area contributed by atoms with Gasteiger partial charge in [0.2, 0.25) is 5.88 Å². The molecule has 3 nitrogen and oxygen atoms in total. The summed E-state index contributed by atoms with van der Waals surface area (Å²) in [5.41, 5.74) is 1.53. The van der Waals surface area contributed by atoms with E-state index in [1.165, 1.54) is 18.2 Å². The van der Waals surface area contributed by atoms with Crippen molar-refractivity contribution in [2.75, 3.05) is 0 Å². The van der Waals surface area contributed by atoms with Crippen molar-refractivity contribution in [3.8, 4) is 11.6 Å². The molecular weight excluding hydrogens is 281 g/mol. The zero-order valence-electron chi connectivity index (χ0n) is 11.2. The second-order valence-corrected chi connectivity index (χ2v) is 5.14. The van der Waals surface area contributed by atoms with Gasteiger partial charge in [-0.2, -0.15) is 0 Å². The second-order valence-electron chi connectivity index (χ2n) is 4.73. The van der Waals surface area contributed by atoms with Crippen LogP contribution in [0.25, 0.3) is 0 Å². The van der Waals surface area contributed by atoms with Crippen LogP contribution in [0.15, 0.2) is 30.3 Å². The fourth-order valence-corrected chi connectivity index (χ4v) is 1.85. The Morgan fingerprint density at radius 2 is 2.05 bits per heavy atom. The van der Waals surface area contributed by atoms with E-state index in [9.17, 15) is 9.50 Å². The minimum Gasteiger partial charge on any atom is -0.439 e. The van der Waals surface area contributed by atoms with Gasteiger partial charge in [0, 0.05) is 17.8 Å². The Kier molecular flexibility index (Phi) is 4.57. The molecule has 0 spiro atoms. The lowest BCUT2D eigenvalue weighted by Gasteiger charge is -2.11. The third-order valence-electron chi connectivity index (χ3n) is 2.77. The highest BCUT2D eigenvalue weighted by molar-refractivity contribution is 6.30. The topological polar surface area (TPSA) is 42.4 Å². The van der Waals surface area contributed by atoms with E-state index in [1.54, 1.807) is 6.07 Å². The first-order valence-electron chi connectivity index (χ1n) is 6.24. The molecular formula is C15H15ClFNO2. The summed E-state index contributed by atoms with van der Waals surface area (Å²) in [6, 6.07) is 7.57. The molecule has 1 aromatic carbocycles. The molecule has 5 heteroatoms. The first-order chi connectivity index (χ1) is 9.49. The lowest BCUT2D eigenvalue weighted by atomic mass is 10.1. The number of rotatable bonds is 4. The Bertz CT molecular complexity index is 617. The summed E-state index contributed by atoms with van der Waals surface area (Å²) in [6.45, 7) is 3.91. The van der Waals surface area contributed by atoms with Gasteiger partial charge in [-0.15, -0.1) is 0 Å². The van der Waals surface area contributed by atoms with Gasteiger partial charge in [-0.05, 0) is 29.7 Å². The van der Waals surface area contributed by atoms with E-state index in [0.717, 1.165) is 5.69 Å². The molecule has 0 fully saturated rings. The zero-order chi connectivity index (χ0) is 14.7. The third-order valence-corrected chi connectivity index (χ3v) is 3.06. The average Bonchev–Trinajstić information content (AvgIpc) is 2.42. The first kappa shape index (κ1) is 14.8. The van der Waals surface area contributed by atoms with Gasteiger partial charge in [0.1, 0.15) is 11.6 Å². The molecule has 2 aromatic rings. The van der Waals surface area contributed by atoms with Crippen LogP contribution in [0.4, 0.5) is 4.39 Å². The van der Waals surface area contributed by atoms with Crippen molar-refractivity contribution >= 4 is 11.6 Å². The van der Waals surface area contributed by atoms with Crippen LogP contribution < -0.4 is 4.74 Å². The Morgan fingerprint density at radius 3 is 2.65 bits per heavy atom. The van der Waals surface area contributed by atoms with E-state index in [1.807, 2.05) is 19.9 Å². The molecule has 0 radical (unpaired) electrons. The smallest absolute Gasteiger partial charge is 0.219 e. The van der Waals surface area contributed by atoms with Gasteiger partial charge in [-0.1, -0.05) is 25.4 Å². The van der Waals surface area contributed by atoms with Crippen molar-refractivity contribution in [3.63, 3.8) is 0 Å². The Labute approximate surface area is 122 Å². The van der Waals surface area contributed by atoms with Crippen molar-refractivity contribution in [1.82, 2.24) is 4.98 Å². The van der Waals surface area contributed by atoms with Crippen LogP contribution in [0.1, 0.15) is 31.0 Å². The molecule has 0 saturated heterocycles. The molecule has 0 aliphatic heterocycles. The number of benzene rings is 1. The maximum absolute atomic E-state index is 13.1. The summed E-state index contributed by atoms with van der Waals surface area (Å²) in [6.07, 6.45) is 0. The number of aliphatic hydroxyl groups excluding tert-OH is 1. The molecule has 1 N–H and O–H groups in total. The molecule has 1 aromatic heterocycles. The maximum atomic E-state index is 13.1. The van der Waals surface area contributed by atoms with Gasteiger partial charge in [-0.3, -0.25) is 0 Å². The summed E-state index contributed by atoms with van der Waals surface area (Å²) in [4.78, 5) is 4.36. The number of hydrogen-bond donors (Lipinski definition) is 1. The Balaban J connectivity index is 2.32. The van der Waals surface area contributed by atoms with Gasteiger partial charge in [0.05, 0.1) is 11.6 Å². The van der Waals surface area contributed by atoms with Crippen LogP contribution in [0.3, 0.4) is 0 Å². The van der Waals surface area contributed by atoms with Crippen LogP contribution in [0.5, 0.6) is 11.6 Å². The van der Waals surface area contributed by atoms with Gasteiger partial charge < -0.3 is 9.84 Å². The maximum Gasteiger partial charge on any atom is 0.219 e. The molecule has 106 valence electrons. The fraction of sp³-hybridized carbons (Fsp3) is 0.267. The van der Waals surface area contributed by atoms with Crippen molar-refractivity contribution < 1.29 is 14.2 Å². The standard InChI is InChI=1S/C15H15ClFNO2/c1-9(2)14-5-10(8-19)6-15(18-14)20-11-3-4-13(17)12(16)7-11/h3-7,9,19H,8H2,1-2H3. The summed E-state index contributed by atoms with van der Waals surface area (Å²) in [7, 11) is 0. The minimum atomic E-state index is -0.501. The number of aliphatic hydroxyl groups is 1. The SMILES string of the molecule is CC(C)c1cc(CO)cc(Oc2ccc(F)c(Cl)c2)n1. The number of aromatic nitrogens is 1. The largest absolute Gasteiger partial charge is 0.439 e. The van der Waals surface area contributed by atoms with E-state index in [2.05, 4.69) is 4.98 Å². The first-order valence-corrected chi connectivity index (χ1v) is 6.62. The number of hydrogen-bond acceptors (Lipinski definition) is 3. The van der Waals surface area contributed by atoms with E-state index < -0.39 is 5.82 Å². The van der Waals surface area contributed by atoms with Crippen LogP contribution in [0.2, 0.25) is 5.02 Å². The molecule has 0 aliphatic carbocycles. The molecule has 0 aliphatic rings. The Morgan fingerprint density at radius 1 is 1.30 bits per heavy atom. The quantitative estimate of drug-likeness (QED) is 0.915. The third kappa shape index (κ3) is 3.46. The predicted molar refractivity (Wildman–Crippen MR) is 75.7 cm³/mol. The van der Waals surface area contributed by atoms with E-state index >= 15 is 0 Å².